The first kappa shape index (κ1) is 14.6. The van der Waals surface area contributed by atoms with Crippen molar-refractivity contribution in [3.05, 3.63) is 35.9 Å². The summed E-state index contributed by atoms with van der Waals surface area (Å²) in [5, 5.41) is -0.0422. The molecule has 0 aromatic heterocycles. The Hall–Kier alpha value is -1.43. The molecule has 0 amide bonds. The molecule has 1 aromatic carbocycles. The first-order chi connectivity index (χ1) is 8.38. The molecule has 6 heteroatoms. The highest BCUT2D eigenvalue weighted by atomic mass is 32.2. The Kier molecular flexibility index (Phi) is 5.27. The van der Waals surface area contributed by atoms with Gasteiger partial charge in [0.2, 0.25) is 0 Å². The lowest BCUT2D eigenvalue weighted by atomic mass is 10.2. The minimum absolute atomic E-state index is 0.0422. The molecule has 0 saturated heterocycles. The maximum Gasteiger partial charge on any atom is 0.573 e. The van der Waals surface area contributed by atoms with Crippen LogP contribution in [0.1, 0.15) is 12.5 Å². The van der Waals surface area contributed by atoms with Crippen LogP contribution in [0.5, 0.6) is 5.75 Å². The van der Waals surface area contributed by atoms with Gasteiger partial charge in [0.25, 0.3) is 0 Å². The van der Waals surface area contributed by atoms with Gasteiger partial charge in [0, 0.05) is 18.2 Å². The van der Waals surface area contributed by atoms with E-state index in [1.807, 2.05) is 0 Å². The van der Waals surface area contributed by atoms with Gasteiger partial charge in [0.05, 0.1) is 0 Å². The average molecular weight is 276 g/mol. The lowest BCUT2D eigenvalue weighted by Crippen LogP contribution is -2.17. The van der Waals surface area contributed by atoms with Gasteiger partial charge in [-0.05, 0) is 6.07 Å². The highest BCUT2D eigenvalue weighted by Gasteiger charge is 2.31. The Bertz CT molecular complexity index is 441. The molecule has 98 valence electrons. The molecule has 0 aliphatic rings. The Balaban J connectivity index is 2.73. The number of carbonyl (C=O) groups is 1. The summed E-state index contributed by atoms with van der Waals surface area (Å²) in [6.07, 6.45) is -1.60. The van der Waals surface area contributed by atoms with Crippen LogP contribution in [-0.2, 0) is 4.79 Å². The number of benzene rings is 1. The summed E-state index contributed by atoms with van der Waals surface area (Å²) in [6.45, 7) is 1.43. The van der Waals surface area contributed by atoms with Crippen molar-refractivity contribution in [1.29, 1.82) is 0 Å². The Morgan fingerprint density at radius 3 is 2.67 bits per heavy atom. The van der Waals surface area contributed by atoms with Crippen molar-refractivity contribution in [3.8, 4) is 5.75 Å². The Morgan fingerprint density at radius 1 is 1.39 bits per heavy atom. The predicted molar refractivity (Wildman–Crippen MR) is 65.3 cm³/mol. The van der Waals surface area contributed by atoms with Crippen molar-refractivity contribution < 1.29 is 22.7 Å². The van der Waals surface area contributed by atoms with E-state index < -0.39 is 6.36 Å². The number of hydrogen-bond acceptors (Lipinski definition) is 3. The van der Waals surface area contributed by atoms with Crippen molar-refractivity contribution >= 4 is 23.0 Å². The third-order valence-electron chi connectivity index (χ3n) is 1.82. The molecule has 0 saturated carbocycles. The van der Waals surface area contributed by atoms with Crippen LogP contribution in [0.3, 0.4) is 0 Å². The van der Waals surface area contributed by atoms with Crippen LogP contribution in [0.25, 0.3) is 6.08 Å². The fourth-order valence-corrected chi connectivity index (χ4v) is 1.60. The summed E-state index contributed by atoms with van der Waals surface area (Å²) in [6, 6.07) is 5.82. The van der Waals surface area contributed by atoms with Crippen molar-refractivity contribution in [1.82, 2.24) is 0 Å². The fourth-order valence-electron chi connectivity index (χ4n) is 1.18. The van der Waals surface area contributed by atoms with Crippen LogP contribution in [0, 0.1) is 0 Å². The molecule has 0 heterocycles. The van der Waals surface area contributed by atoms with Gasteiger partial charge in [-0.3, -0.25) is 4.79 Å². The quantitative estimate of drug-likeness (QED) is 0.834. The number of para-hydroxylation sites is 1. The smallest absolute Gasteiger partial charge is 0.405 e. The fraction of sp³-hybridized carbons (Fsp3) is 0.250. The van der Waals surface area contributed by atoms with Gasteiger partial charge in [0.15, 0.2) is 5.12 Å². The molecule has 18 heavy (non-hydrogen) atoms. The maximum atomic E-state index is 12.1. The van der Waals surface area contributed by atoms with Crippen LogP contribution in [0.4, 0.5) is 13.2 Å². The van der Waals surface area contributed by atoms with E-state index in [9.17, 15) is 18.0 Å². The second-order valence-corrected chi connectivity index (χ2v) is 4.49. The SMILES string of the molecule is CC(=O)SCC=Cc1ccccc1OC(F)(F)F. The second kappa shape index (κ2) is 6.49. The van der Waals surface area contributed by atoms with Crippen LogP contribution in [0.15, 0.2) is 30.3 Å². The molecule has 1 rings (SSSR count). The summed E-state index contributed by atoms with van der Waals surface area (Å²) < 4.78 is 40.2. The molecule has 0 bridgehead atoms. The van der Waals surface area contributed by atoms with Gasteiger partial charge in [-0.25, -0.2) is 0 Å². The number of thioether (sulfide) groups is 1. The van der Waals surface area contributed by atoms with Crippen molar-refractivity contribution in [2.75, 3.05) is 5.75 Å². The van der Waals surface area contributed by atoms with E-state index in [0.717, 1.165) is 11.8 Å². The number of carbonyl (C=O) groups excluding carboxylic acids is 1. The Labute approximate surface area is 107 Å². The molecular weight excluding hydrogens is 265 g/mol. The van der Waals surface area contributed by atoms with Gasteiger partial charge >= 0.3 is 6.36 Å². The van der Waals surface area contributed by atoms with Gasteiger partial charge in [-0.15, -0.1) is 13.2 Å². The van der Waals surface area contributed by atoms with E-state index in [-0.39, 0.29) is 10.9 Å². The van der Waals surface area contributed by atoms with Crippen molar-refractivity contribution in [2.45, 2.75) is 13.3 Å². The number of ether oxygens (including phenoxy) is 1. The monoisotopic (exact) mass is 276 g/mol. The summed E-state index contributed by atoms with van der Waals surface area (Å²) in [5.41, 5.74) is 0.318. The summed E-state index contributed by atoms with van der Waals surface area (Å²) in [7, 11) is 0. The maximum absolute atomic E-state index is 12.1. The molecule has 0 aliphatic heterocycles. The highest BCUT2D eigenvalue weighted by Crippen LogP contribution is 2.27. The standard InChI is InChI=1S/C12H11F3O2S/c1-9(16)18-8-4-6-10-5-2-3-7-11(10)17-12(13,14)15/h2-7H,8H2,1H3. The summed E-state index contributed by atoms with van der Waals surface area (Å²) in [4.78, 5) is 10.7. The second-order valence-electron chi connectivity index (χ2n) is 3.29. The number of halogens is 3. The zero-order valence-electron chi connectivity index (χ0n) is 9.53. The lowest BCUT2D eigenvalue weighted by molar-refractivity contribution is -0.274. The number of alkyl halides is 3. The molecule has 0 N–H and O–H groups in total. The first-order valence-corrected chi connectivity index (χ1v) is 6.02. The Morgan fingerprint density at radius 2 is 2.06 bits per heavy atom. The third-order valence-corrected chi connectivity index (χ3v) is 2.59. The predicted octanol–water partition coefficient (Wildman–Crippen LogP) is 3.88. The van der Waals surface area contributed by atoms with Gasteiger partial charge in [0.1, 0.15) is 5.75 Å². The summed E-state index contributed by atoms with van der Waals surface area (Å²) >= 11 is 1.08. The minimum Gasteiger partial charge on any atom is -0.405 e. The molecule has 0 radical (unpaired) electrons. The molecule has 0 aliphatic carbocycles. The van der Waals surface area contributed by atoms with Crippen LogP contribution >= 0.6 is 11.8 Å². The minimum atomic E-state index is -4.71. The normalized spacial score (nSPS) is 11.8. The van der Waals surface area contributed by atoms with E-state index in [4.69, 9.17) is 0 Å². The van der Waals surface area contributed by atoms with Gasteiger partial charge < -0.3 is 4.74 Å². The van der Waals surface area contributed by atoms with Crippen molar-refractivity contribution in [2.24, 2.45) is 0 Å². The van der Waals surface area contributed by atoms with Crippen molar-refractivity contribution in [3.63, 3.8) is 0 Å². The molecular formula is C12H11F3O2S. The topological polar surface area (TPSA) is 26.3 Å². The van der Waals surface area contributed by atoms with Crippen LogP contribution in [0.2, 0.25) is 0 Å². The highest BCUT2D eigenvalue weighted by molar-refractivity contribution is 8.13. The largest absolute Gasteiger partial charge is 0.573 e. The van der Waals surface area contributed by atoms with E-state index in [0.29, 0.717) is 11.3 Å². The van der Waals surface area contributed by atoms with E-state index in [1.165, 1.54) is 31.2 Å². The first-order valence-electron chi connectivity index (χ1n) is 5.03. The molecule has 0 fully saturated rings. The zero-order valence-corrected chi connectivity index (χ0v) is 10.3. The zero-order chi connectivity index (χ0) is 13.6. The molecule has 0 unspecified atom stereocenters. The molecule has 2 nitrogen and oxygen atoms in total. The average Bonchev–Trinajstić information content (AvgIpc) is 2.24. The molecule has 0 spiro atoms. The van der Waals surface area contributed by atoms with E-state index in [2.05, 4.69) is 4.74 Å². The summed E-state index contributed by atoms with van der Waals surface area (Å²) in [5.74, 6) is 0.157. The van der Waals surface area contributed by atoms with E-state index >= 15 is 0 Å². The van der Waals surface area contributed by atoms with Crippen LogP contribution in [-0.4, -0.2) is 17.2 Å². The third kappa shape index (κ3) is 5.77. The number of hydrogen-bond donors (Lipinski definition) is 0. The van der Waals surface area contributed by atoms with Gasteiger partial charge in [-0.1, -0.05) is 42.1 Å². The molecule has 1 aromatic rings. The number of rotatable bonds is 4. The van der Waals surface area contributed by atoms with Crippen LogP contribution < -0.4 is 4.74 Å². The van der Waals surface area contributed by atoms with E-state index in [1.54, 1.807) is 12.1 Å². The molecule has 0 atom stereocenters. The van der Waals surface area contributed by atoms with Gasteiger partial charge in [-0.2, -0.15) is 0 Å². The lowest BCUT2D eigenvalue weighted by Gasteiger charge is -2.10.